The molecule has 96 valence electrons. The fraction of sp³-hybridized carbons (Fsp3) is 0.286. The summed E-state index contributed by atoms with van der Waals surface area (Å²) in [6, 6.07) is 8.12. The lowest BCUT2D eigenvalue weighted by molar-refractivity contribution is 0.509. The molecule has 4 heteroatoms. The topological polar surface area (TPSA) is 12.0 Å². The Balaban J connectivity index is 2.10. The number of thiophene rings is 1. The first-order chi connectivity index (χ1) is 8.60. The van der Waals surface area contributed by atoms with Gasteiger partial charge in [0.1, 0.15) is 0 Å². The zero-order chi connectivity index (χ0) is 13.1. The van der Waals surface area contributed by atoms with Crippen LogP contribution >= 0.6 is 11.3 Å². The molecule has 0 aliphatic heterocycles. The number of benzene rings is 1. The molecule has 0 aliphatic carbocycles. The first-order valence-electron chi connectivity index (χ1n) is 5.90. The van der Waals surface area contributed by atoms with Gasteiger partial charge in [0.25, 0.3) is 0 Å². The summed E-state index contributed by atoms with van der Waals surface area (Å²) in [5.41, 5.74) is 0.591. The molecule has 1 atom stereocenters. The third-order valence-corrected chi connectivity index (χ3v) is 4.17. The van der Waals surface area contributed by atoms with Crippen molar-refractivity contribution in [2.24, 2.45) is 0 Å². The molecule has 2 aromatic rings. The minimum atomic E-state index is -0.826. The van der Waals surface area contributed by atoms with Crippen LogP contribution in [0, 0.1) is 11.6 Å². The van der Waals surface area contributed by atoms with Crippen LogP contribution in [-0.4, -0.2) is 0 Å². The number of aryl methyl sites for hydroxylation is 1. The van der Waals surface area contributed by atoms with Gasteiger partial charge in [-0.1, -0.05) is 6.92 Å². The van der Waals surface area contributed by atoms with E-state index in [9.17, 15) is 8.78 Å². The lowest BCUT2D eigenvalue weighted by Crippen LogP contribution is -2.05. The molecule has 0 saturated carbocycles. The van der Waals surface area contributed by atoms with Gasteiger partial charge >= 0.3 is 0 Å². The second-order valence-corrected chi connectivity index (χ2v) is 5.35. The minimum Gasteiger partial charge on any atom is -0.378 e. The molecule has 1 N–H and O–H groups in total. The Labute approximate surface area is 109 Å². The van der Waals surface area contributed by atoms with Crippen LogP contribution in [0.15, 0.2) is 30.3 Å². The van der Waals surface area contributed by atoms with Gasteiger partial charge in [-0.2, -0.15) is 0 Å². The van der Waals surface area contributed by atoms with Crippen molar-refractivity contribution in [3.05, 3.63) is 51.7 Å². The van der Waals surface area contributed by atoms with Gasteiger partial charge in [-0.25, -0.2) is 8.78 Å². The van der Waals surface area contributed by atoms with Gasteiger partial charge in [0.05, 0.1) is 6.04 Å². The molecule has 0 amide bonds. The lowest BCUT2D eigenvalue weighted by atomic mass is 10.2. The molecule has 0 aliphatic rings. The van der Waals surface area contributed by atoms with Gasteiger partial charge in [0, 0.05) is 21.5 Å². The number of nitrogens with one attached hydrogen (secondary N) is 1. The summed E-state index contributed by atoms with van der Waals surface area (Å²) in [7, 11) is 0. The predicted molar refractivity (Wildman–Crippen MR) is 72.1 cm³/mol. The van der Waals surface area contributed by atoms with E-state index in [0.717, 1.165) is 12.5 Å². The van der Waals surface area contributed by atoms with Gasteiger partial charge < -0.3 is 5.32 Å². The highest BCUT2D eigenvalue weighted by molar-refractivity contribution is 7.12. The van der Waals surface area contributed by atoms with Crippen molar-refractivity contribution >= 4 is 17.0 Å². The molecular formula is C14H15F2NS. The van der Waals surface area contributed by atoms with Gasteiger partial charge in [0.2, 0.25) is 0 Å². The Morgan fingerprint density at radius 3 is 2.56 bits per heavy atom. The van der Waals surface area contributed by atoms with Crippen molar-refractivity contribution in [2.75, 3.05) is 5.32 Å². The Morgan fingerprint density at radius 2 is 1.94 bits per heavy atom. The largest absolute Gasteiger partial charge is 0.378 e. The van der Waals surface area contributed by atoms with Crippen LogP contribution in [0.5, 0.6) is 0 Å². The smallest absolute Gasteiger partial charge is 0.160 e. The van der Waals surface area contributed by atoms with Crippen molar-refractivity contribution in [1.29, 1.82) is 0 Å². The predicted octanol–water partition coefficient (Wildman–Crippen LogP) is 4.76. The quantitative estimate of drug-likeness (QED) is 0.842. The summed E-state index contributed by atoms with van der Waals surface area (Å²) in [6.45, 7) is 4.12. The third-order valence-electron chi connectivity index (χ3n) is 2.76. The minimum absolute atomic E-state index is 0.0835. The molecule has 0 fully saturated rings. The van der Waals surface area contributed by atoms with Crippen LogP contribution in [0.2, 0.25) is 0 Å². The van der Waals surface area contributed by atoms with Crippen LogP contribution in [0.3, 0.4) is 0 Å². The average molecular weight is 267 g/mol. The molecule has 0 bridgehead atoms. The highest BCUT2D eigenvalue weighted by Gasteiger charge is 2.09. The zero-order valence-corrected chi connectivity index (χ0v) is 11.2. The Morgan fingerprint density at radius 1 is 1.17 bits per heavy atom. The summed E-state index contributed by atoms with van der Waals surface area (Å²) in [4.78, 5) is 2.51. The molecule has 1 aromatic heterocycles. The number of anilines is 1. The van der Waals surface area contributed by atoms with E-state index in [1.165, 1.54) is 15.8 Å². The van der Waals surface area contributed by atoms with Gasteiger partial charge in [-0.15, -0.1) is 11.3 Å². The fourth-order valence-electron chi connectivity index (χ4n) is 1.72. The van der Waals surface area contributed by atoms with Crippen molar-refractivity contribution < 1.29 is 8.78 Å². The molecule has 1 heterocycles. The van der Waals surface area contributed by atoms with Gasteiger partial charge in [0.15, 0.2) is 11.6 Å². The van der Waals surface area contributed by atoms with Crippen LogP contribution < -0.4 is 5.32 Å². The number of hydrogen-bond donors (Lipinski definition) is 1. The Bertz CT molecular complexity index is 536. The van der Waals surface area contributed by atoms with E-state index in [0.29, 0.717) is 5.69 Å². The maximum atomic E-state index is 13.1. The zero-order valence-electron chi connectivity index (χ0n) is 10.3. The molecule has 1 unspecified atom stereocenters. The van der Waals surface area contributed by atoms with Gasteiger partial charge in [-0.05, 0) is 37.6 Å². The normalized spacial score (nSPS) is 12.4. The summed E-state index contributed by atoms with van der Waals surface area (Å²) in [6.07, 6.45) is 1.02. The van der Waals surface area contributed by atoms with Crippen molar-refractivity contribution in [2.45, 2.75) is 26.3 Å². The summed E-state index contributed by atoms with van der Waals surface area (Å²) >= 11 is 1.74. The second kappa shape index (κ2) is 5.48. The average Bonchev–Trinajstić information content (AvgIpc) is 2.82. The van der Waals surface area contributed by atoms with E-state index in [1.54, 1.807) is 17.4 Å². The molecule has 0 spiro atoms. The molecule has 2 rings (SSSR count). The van der Waals surface area contributed by atoms with Crippen LogP contribution in [0.1, 0.15) is 29.6 Å². The van der Waals surface area contributed by atoms with E-state index in [2.05, 4.69) is 24.4 Å². The first kappa shape index (κ1) is 13.0. The highest BCUT2D eigenvalue weighted by atomic mass is 32.1. The molecule has 0 saturated heterocycles. The maximum Gasteiger partial charge on any atom is 0.160 e. The molecule has 18 heavy (non-hydrogen) atoms. The summed E-state index contributed by atoms with van der Waals surface area (Å²) in [5.74, 6) is -1.65. The number of hydrogen-bond acceptors (Lipinski definition) is 2. The second-order valence-electron chi connectivity index (χ2n) is 4.15. The lowest BCUT2D eigenvalue weighted by Gasteiger charge is -2.13. The van der Waals surface area contributed by atoms with E-state index < -0.39 is 11.6 Å². The highest BCUT2D eigenvalue weighted by Crippen LogP contribution is 2.27. The van der Waals surface area contributed by atoms with Crippen LogP contribution in [0.25, 0.3) is 0 Å². The molecular weight excluding hydrogens is 252 g/mol. The van der Waals surface area contributed by atoms with E-state index in [-0.39, 0.29) is 6.04 Å². The summed E-state index contributed by atoms with van der Waals surface area (Å²) < 4.78 is 25.9. The standard InChI is InChI=1S/C14H15F2NS/c1-3-11-5-7-14(18-11)9(2)17-10-4-6-12(15)13(16)8-10/h4-9,17H,3H2,1-2H3. The van der Waals surface area contributed by atoms with Crippen LogP contribution in [-0.2, 0) is 6.42 Å². The van der Waals surface area contributed by atoms with Gasteiger partial charge in [-0.3, -0.25) is 0 Å². The van der Waals surface area contributed by atoms with Crippen molar-refractivity contribution in [3.63, 3.8) is 0 Å². The molecule has 1 nitrogen and oxygen atoms in total. The SMILES string of the molecule is CCc1ccc(C(C)Nc2ccc(F)c(F)c2)s1. The first-order valence-corrected chi connectivity index (χ1v) is 6.72. The molecule has 1 aromatic carbocycles. The van der Waals surface area contributed by atoms with E-state index in [1.807, 2.05) is 6.92 Å². The Hall–Kier alpha value is -1.42. The molecule has 0 radical (unpaired) electrons. The van der Waals surface area contributed by atoms with Crippen molar-refractivity contribution in [1.82, 2.24) is 0 Å². The number of rotatable bonds is 4. The summed E-state index contributed by atoms with van der Waals surface area (Å²) in [5, 5.41) is 3.17. The monoisotopic (exact) mass is 267 g/mol. The van der Waals surface area contributed by atoms with E-state index >= 15 is 0 Å². The number of halogens is 2. The maximum absolute atomic E-state index is 13.1. The van der Waals surface area contributed by atoms with Crippen molar-refractivity contribution in [3.8, 4) is 0 Å². The Kier molecular flexibility index (Phi) is 3.97. The van der Waals surface area contributed by atoms with E-state index in [4.69, 9.17) is 0 Å². The third kappa shape index (κ3) is 2.88. The fourth-order valence-corrected chi connectivity index (χ4v) is 2.68. The van der Waals surface area contributed by atoms with Crippen LogP contribution in [0.4, 0.5) is 14.5 Å².